The molecule has 4 rings (SSSR count). The van der Waals surface area contributed by atoms with E-state index in [1.807, 2.05) is 55.1 Å². The van der Waals surface area contributed by atoms with Crippen LogP contribution in [0.25, 0.3) is 21.8 Å². The van der Waals surface area contributed by atoms with Crippen LogP contribution < -0.4 is 5.32 Å². The molecule has 0 atom stereocenters. The average molecular weight is 343 g/mol. The summed E-state index contributed by atoms with van der Waals surface area (Å²) in [6.45, 7) is 5.21. The van der Waals surface area contributed by atoms with Gasteiger partial charge in [0.15, 0.2) is 0 Å². The van der Waals surface area contributed by atoms with Gasteiger partial charge in [0.2, 0.25) is 11.9 Å². The van der Waals surface area contributed by atoms with Crippen LogP contribution in [0, 0.1) is 0 Å². The minimum atomic E-state index is -3.87. The number of rotatable bonds is 2. The molecular formula is C16H17N5O2S. The van der Waals surface area contributed by atoms with Gasteiger partial charge in [0.1, 0.15) is 0 Å². The second kappa shape index (κ2) is 5.20. The Balaban J connectivity index is 1.96. The number of fused-ring (bicyclic) bond motifs is 4. The molecule has 1 aliphatic heterocycles. The standard InChI is InChI=1S/C16H17N5O2S/c1-3-20(4-2)16-18-15-17-13-9-11-7-5-6-8-12(11)10-14(13)21(15)24(22,23)19-16/h5-10H,3-4H2,1-2H3,(H,17,18,19). The highest BCUT2D eigenvalue weighted by atomic mass is 32.2. The van der Waals surface area contributed by atoms with E-state index in [9.17, 15) is 8.42 Å². The first-order valence-corrected chi connectivity index (χ1v) is 9.22. The third kappa shape index (κ3) is 2.14. The van der Waals surface area contributed by atoms with Gasteiger partial charge in [-0.3, -0.25) is 5.32 Å². The molecule has 2 aromatic carbocycles. The van der Waals surface area contributed by atoms with E-state index < -0.39 is 10.2 Å². The number of aromatic nitrogens is 2. The van der Waals surface area contributed by atoms with Crippen LogP contribution in [0.5, 0.6) is 0 Å². The van der Waals surface area contributed by atoms with Gasteiger partial charge in [0.25, 0.3) is 0 Å². The van der Waals surface area contributed by atoms with Crippen molar-refractivity contribution in [3.8, 4) is 0 Å². The molecule has 2 heterocycles. The number of hydrogen-bond donors (Lipinski definition) is 1. The van der Waals surface area contributed by atoms with Crippen LogP contribution in [-0.4, -0.2) is 41.3 Å². The molecule has 7 nitrogen and oxygen atoms in total. The summed E-state index contributed by atoms with van der Waals surface area (Å²) >= 11 is 0. The summed E-state index contributed by atoms with van der Waals surface area (Å²) in [5, 5.41) is 5.02. The normalized spacial score (nSPS) is 15.8. The van der Waals surface area contributed by atoms with E-state index >= 15 is 0 Å². The Morgan fingerprint density at radius 1 is 1.12 bits per heavy atom. The molecule has 0 fully saturated rings. The van der Waals surface area contributed by atoms with Crippen LogP contribution in [0.3, 0.4) is 0 Å². The van der Waals surface area contributed by atoms with Gasteiger partial charge in [-0.1, -0.05) is 24.3 Å². The molecular weight excluding hydrogens is 326 g/mol. The number of nitrogens with zero attached hydrogens (tertiary/aromatic N) is 4. The van der Waals surface area contributed by atoms with Crippen molar-refractivity contribution in [3.63, 3.8) is 0 Å². The van der Waals surface area contributed by atoms with E-state index in [1.165, 1.54) is 3.97 Å². The van der Waals surface area contributed by atoms with Crippen LogP contribution in [0.4, 0.5) is 5.95 Å². The predicted molar refractivity (Wildman–Crippen MR) is 95.5 cm³/mol. The fourth-order valence-electron chi connectivity index (χ4n) is 2.99. The second-order valence-corrected chi connectivity index (χ2v) is 7.02. The molecule has 0 unspecified atom stereocenters. The van der Waals surface area contributed by atoms with Crippen molar-refractivity contribution in [2.45, 2.75) is 13.8 Å². The Labute approximate surface area is 139 Å². The fourth-order valence-corrected chi connectivity index (χ4v) is 4.15. The molecule has 0 spiro atoms. The third-order valence-corrected chi connectivity index (χ3v) is 5.43. The summed E-state index contributed by atoms with van der Waals surface area (Å²) < 4.78 is 30.5. The molecule has 124 valence electrons. The lowest BCUT2D eigenvalue weighted by Crippen LogP contribution is -2.40. The lowest BCUT2D eigenvalue weighted by Gasteiger charge is -2.25. The van der Waals surface area contributed by atoms with E-state index in [1.54, 1.807) is 0 Å². The topological polar surface area (TPSA) is 79.6 Å². The zero-order chi connectivity index (χ0) is 16.9. The highest BCUT2D eigenvalue weighted by Gasteiger charge is 2.29. The van der Waals surface area contributed by atoms with E-state index in [0.29, 0.717) is 30.1 Å². The van der Waals surface area contributed by atoms with Gasteiger partial charge >= 0.3 is 10.2 Å². The Morgan fingerprint density at radius 3 is 2.46 bits per heavy atom. The molecule has 24 heavy (non-hydrogen) atoms. The van der Waals surface area contributed by atoms with Crippen LogP contribution >= 0.6 is 0 Å². The van der Waals surface area contributed by atoms with Crippen molar-refractivity contribution in [3.05, 3.63) is 36.4 Å². The SMILES string of the molecule is CCN(CC)C1=NS(=O)(=O)n2c(nc3cc4ccccc4cc32)N1. The van der Waals surface area contributed by atoms with Gasteiger partial charge in [0.05, 0.1) is 11.0 Å². The maximum absolute atomic E-state index is 12.7. The van der Waals surface area contributed by atoms with Crippen LogP contribution in [0.15, 0.2) is 40.8 Å². The summed E-state index contributed by atoms with van der Waals surface area (Å²) in [7, 11) is -3.87. The second-order valence-electron chi connectivity index (χ2n) is 5.58. The van der Waals surface area contributed by atoms with E-state index in [4.69, 9.17) is 0 Å². The van der Waals surface area contributed by atoms with Gasteiger partial charge in [-0.15, -0.1) is 4.40 Å². The first-order chi connectivity index (χ1) is 11.5. The van der Waals surface area contributed by atoms with Gasteiger partial charge in [-0.25, -0.2) is 4.98 Å². The summed E-state index contributed by atoms with van der Waals surface area (Å²) in [6.07, 6.45) is 0. The van der Waals surface area contributed by atoms with E-state index in [-0.39, 0.29) is 5.95 Å². The molecule has 0 bridgehead atoms. The largest absolute Gasteiger partial charge is 0.354 e. The molecule has 0 saturated heterocycles. The molecule has 1 N–H and O–H groups in total. The summed E-state index contributed by atoms with van der Waals surface area (Å²) in [6, 6.07) is 11.5. The number of guanidine groups is 1. The Hall–Kier alpha value is -2.61. The van der Waals surface area contributed by atoms with Crippen LogP contribution in [0.1, 0.15) is 13.8 Å². The molecule has 8 heteroatoms. The van der Waals surface area contributed by atoms with Crippen molar-refractivity contribution < 1.29 is 8.42 Å². The predicted octanol–water partition coefficient (Wildman–Crippen LogP) is 2.41. The first kappa shape index (κ1) is 14.9. The smallest absolute Gasteiger partial charge is 0.342 e. The summed E-state index contributed by atoms with van der Waals surface area (Å²) in [5.74, 6) is 0.588. The summed E-state index contributed by atoms with van der Waals surface area (Å²) in [5.41, 5.74) is 1.15. The first-order valence-electron chi connectivity index (χ1n) is 7.82. The zero-order valence-corrected chi connectivity index (χ0v) is 14.2. The quantitative estimate of drug-likeness (QED) is 0.773. The van der Waals surface area contributed by atoms with Crippen molar-refractivity contribution in [2.75, 3.05) is 18.4 Å². The highest BCUT2D eigenvalue weighted by molar-refractivity contribution is 7.89. The van der Waals surface area contributed by atoms with Crippen molar-refractivity contribution in [1.82, 2.24) is 13.9 Å². The van der Waals surface area contributed by atoms with E-state index in [2.05, 4.69) is 14.7 Å². The third-order valence-electron chi connectivity index (χ3n) is 4.20. The number of imidazole rings is 1. The highest BCUT2D eigenvalue weighted by Crippen LogP contribution is 2.29. The van der Waals surface area contributed by atoms with Gasteiger partial charge in [0, 0.05) is 13.1 Å². The minimum absolute atomic E-state index is 0.275. The Morgan fingerprint density at radius 2 is 1.79 bits per heavy atom. The van der Waals surface area contributed by atoms with Crippen molar-refractivity contribution in [2.24, 2.45) is 4.40 Å². The number of hydrogen-bond acceptors (Lipinski definition) is 5. The van der Waals surface area contributed by atoms with Gasteiger partial charge < -0.3 is 4.90 Å². The molecule has 1 aliphatic rings. The van der Waals surface area contributed by atoms with E-state index in [0.717, 1.165) is 10.8 Å². The number of anilines is 1. The van der Waals surface area contributed by atoms with Gasteiger partial charge in [-0.2, -0.15) is 12.4 Å². The molecule has 3 aromatic rings. The van der Waals surface area contributed by atoms with Crippen LogP contribution in [-0.2, 0) is 10.2 Å². The Bertz CT molecular complexity index is 1080. The number of benzene rings is 2. The van der Waals surface area contributed by atoms with Crippen LogP contribution in [0.2, 0.25) is 0 Å². The Kier molecular flexibility index (Phi) is 3.24. The lowest BCUT2D eigenvalue weighted by atomic mass is 10.1. The lowest BCUT2D eigenvalue weighted by molar-refractivity contribution is 0.463. The maximum atomic E-state index is 12.7. The van der Waals surface area contributed by atoms with Crippen molar-refractivity contribution >= 4 is 43.9 Å². The minimum Gasteiger partial charge on any atom is -0.342 e. The molecule has 0 radical (unpaired) electrons. The molecule has 0 saturated carbocycles. The molecule has 0 aliphatic carbocycles. The molecule has 1 aromatic heterocycles. The molecule has 0 amide bonds. The van der Waals surface area contributed by atoms with Gasteiger partial charge in [-0.05, 0) is 36.8 Å². The zero-order valence-electron chi connectivity index (χ0n) is 13.4. The monoisotopic (exact) mass is 343 g/mol. The fraction of sp³-hybridized carbons (Fsp3) is 0.250. The average Bonchev–Trinajstić information content (AvgIpc) is 2.91. The van der Waals surface area contributed by atoms with Crippen molar-refractivity contribution in [1.29, 1.82) is 0 Å². The number of nitrogens with one attached hydrogen (secondary N) is 1. The summed E-state index contributed by atoms with van der Waals surface area (Å²) in [4.78, 5) is 6.31. The maximum Gasteiger partial charge on any atom is 0.354 e.